The normalized spacial score (nSPS) is 13.1. The van der Waals surface area contributed by atoms with Crippen molar-refractivity contribution in [2.45, 2.75) is 110 Å². The zero-order valence-corrected chi connectivity index (χ0v) is 18.6. The molecule has 0 aromatic heterocycles. The highest BCUT2D eigenvalue weighted by Gasteiger charge is 2.11. The Morgan fingerprint density at radius 3 is 1.71 bits per heavy atom. The number of hydrogen-bond acceptors (Lipinski definition) is 1. The predicted molar refractivity (Wildman–Crippen MR) is 127 cm³/mol. The van der Waals surface area contributed by atoms with E-state index in [9.17, 15) is 0 Å². The first-order chi connectivity index (χ1) is 13.9. The Labute approximate surface area is 175 Å². The lowest BCUT2D eigenvalue weighted by atomic mass is 10.0. The fourth-order valence-corrected chi connectivity index (χ4v) is 4.38. The molecule has 0 atom stereocenters. The van der Waals surface area contributed by atoms with Crippen LogP contribution in [0.5, 0.6) is 0 Å². The van der Waals surface area contributed by atoms with E-state index in [0.717, 1.165) is 6.54 Å². The second-order valence-corrected chi connectivity index (χ2v) is 8.71. The van der Waals surface area contributed by atoms with Gasteiger partial charge in [-0.2, -0.15) is 0 Å². The van der Waals surface area contributed by atoms with E-state index < -0.39 is 0 Å². The Kier molecular flexibility index (Phi) is 12.9. The molecule has 0 radical (unpaired) electrons. The molecule has 0 unspecified atom stereocenters. The van der Waals surface area contributed by atoms with Crippen molar-refractivity contribution in [3.63, 3.8) is 0 Å². The molecule has 2 rings (SSSR count). The number of unbranched alkanes of at least 4 members (excludes halogenated alkanes) is 15. The summed E-state index contributed by atoms with van der Waals surface area (Å²) >= 11 is 0. The van der Waals surface area contributed by atoms with Crippen LogP contribution < -0.4 is 4.90 Å². The SMILES string of the molecule is CCCCCCCCCCCCCCCCCCN1CC=Cc2ccccc21. The van der Waals surface area contributed by atoms with Crippen LogP contribution in [0.25, 0.3) is 6.08 Å². The first-order valence-electron chi connectivity index (χ1n) is 12.4. The number of benzene rings is 1. The molecule has 0 amide bonds. The van der Waals surface area contributed by atoms with Crippen molar-refractivity contribution in [3.8, 4) is 0 Å². The molecule has 0 saturated heterocycles. The van der Waals surface area contributed by atoms with E-state index in [2.05, 4.69) is 48.2 Å². The number of fused-ring (bicyclic) bond motifs is 1. The molecule has 0 N–H and O–H groups in total. The van der Waals surface area contributed by atoms with Crippen LogP contribution in [0.15, 0.2) is 30.3 Å². The van der Waals surface area contributed by atoms with Gasteiger partial charge in [-0.3, -0.25) is 0 Å². The molecule has 1 aliphatic rings. The van der Waals surface area contributed by atoms with Gasteiger partial charge in [0.25, 0.3) is 0 Å². The van der Waals surface area contributed by atoms with Crippen LogP contribution in [-0.4, -0.2) is 13.1 Å². The highest BCUT2D eigenvalue weighted by Crippen LogP contribution is 2.25. The number of hydrogen-bond donors (Lipinski definition) is 0. The zero-order valence-electron chi connectivity index (χ0n) is 18.6. The number of nitrogens with zero attached hydrogens (tertiary/aromatic N) is 1. The van der Waals surface area contributed by atoms with Gasteiger partial charge < -0.3 is 4.90 Å². The third kappa shape index (κ3) is 9.80. The Morgan fingerprint density at radius 1 is 0.643 bits per heavy atom. The molecule has 1 nitrogen and oxygen atoms in total. The van der Waals surface area contributed by atoms with E-state index in [1.54, 1.807) is 0 Å². The molecule has 0 saturated carbocycles. The van der Waals surface area contributed by atoms with Crippen LogP contribution in [0.4, 0.5) is 5.69 Å². The van der Waals surface area contributed by atoms with Crippen LogP contribution in [0.2, 0.25) is 0 Å². The predicted octanol–water partition coefficient (Wildman–Crippen LogP) is 8.78. The summed E-state index contributed by atoms with van der Waals surface area (Å²) in [4.78, 5) is 2.54. The van der Waals surface area contributed by atoms with Crippen LogP contribution in [-0.2, 0) is 0 Å². The first kappa shape index (κ1) is 23.0. The quantitative estimate of drug-likeness (QED) is 0.243. The molecule has 0 spiro atoms. The summed E-state index contributed by atoms with van der Waals surface area (Å²) < 4.78 is 0. The van der Waals surface area contributed by atoms with Crippen LogP contribution in [0.3, 0.4) is 0 Å². The number of rotatable bonds is 17. The van der Waals surface area contributed by atoms with Gasteiger partial charge >= 0.3 is 0 Å². The Bertz CT molecular complexity index is 519. The molecular formula is C27H45N. The standard InChI is InChI=1S/C27H45N/c1-2-3-4-5-6-7-8-9-10-11-12-13-14-15-16-19-24-28-25-20-22-26-21-17-18-23-27(26)28/h17-18,20-23H,2-16,19,24-25H2,1H3. The largest absolute Gasteiger partial charge is 0.367 e. The van der Waals surface area contributed by atoms with Crippen molar-refractivity contribution < 1.29 is 0 Å². The van der Waals surface area contributed by atoms with Crippen molar-refractivity contribution in [2.75, 3.05) is 18.0 Å². The van der Waals surface area contributed by atoms with E-state index >= 15 is 0 Å². The fourth-order valence-electron chi connectivity index (χ4n) is 4.38. The Morgan fingerprint density at radius 2 is 1.14 bits per heavy atom. The minimum absolute atomic E-state index is 1.08. The lowest BCUT2D eigenvalue weighted by Gasteiger charge is -2.28. The average molecular weight is 384 g/mol. The summed E-state index contributed by atoms with van der Waals surface area (Å²) in [5, 5.41) is 0. The topological polar surface area (TPSA) is 3.24 Å². The zero-order chi connectivity index (χ0) is 19.7. The van der Waals surface area contributed by atoms with Crippen LogP contribution in [0, 0.1) is 0 Å². The monoisotopic (exact) mass is 383 g/mol. The van der Waals surface area contributed by atoms with Gasteiger partial charge in [-0.1, -0.05) is 134 Å². The van der Waals surface area contributed by atoms with Crippen molar-refractivity contribution in [1.29, 1.82) is 0 Å². The van der Waals surface area contributed by atoms with E-state index in [0.29, 0.717) is 0 Å². The van der Waals surface area contributed by atoms with Gasteiger partial charge in [-0.25, -0.2) is 0 Å². The van der Waals surface area contributed by atoms with Gasteiger partial charge in [0, 0.05) is 18.8 Å². The molecule has 0 aliphatic carbocycles. The van der Waals surface area contributed by atoms with Gasteiger partial charge in [-0.15, -0.1) is 0 Å². The molecule has 1 aromatic rings. The van der Waals surface area contributed by atoms with Crippen LogP contribution >= 0.6 is 0 Å². The highest BCUT2D eigenvalue weighted by molar-refractivity contribution is 5.71. The van der Waals surface area contributed by atoms with Gasteiger partial charge in [0.15, 0.2) is 0 Å². The fraction of sp³-hybridized carbons (Fsp3) is 0.704. The van der Waals surface area contributed by atoms with E-state index in [-0.39, 0.29) is 0 Å². The molecular weight excluding hydrogens is 338 g/mol. The molecule has 1 heteroatoms. The Hall–Kier alpha value is -1.24. The highest BCUT2D eigenvalue weighted by atomic mass is 15.1. The lowest BCUT2D eigenvalue weighted by molar-refractivity contribution is 0.529. The second kappa shape index (κ2) is 15.7. The third-order valence-electron chi connectivity index (χ3n) is 6.18. The lowest BCUT2D eigenvalue weighted by Crippen LogP contribution is -2.26. The molecule has 158 valence electrons. The van der Waals surface area contributed by atoms with Crippen molar-refractivity contribution in [1.82, 2.24) is 0 Å². The maximum atomic E-state index is 2.54. The van der Waals surface area contributed by atoms with E-state index in [1.165, 1.54) is 121 Å². The second-order valence-electron chi connectivity index (χ2n) is 8.71. The first-order valence-corrected chi connectivity index (χ1v) is 12.4. The summed E-state index contributed by atoms with van der Waals surface area (Å²) in [6, 6.07) is 8.80. The summed E-state index contributed by atoms with van der Waals surface area (Å²) in [5.74, 6) is 0. The van der Waals surface area contributed by atoms with Crippen molar-refractivity contribution in [3.05, 3.63) is 35.9 Å². The van der Waals surface area contributed by atoms with Gasteiger partial charge in [-0.05, 0) is 18.1 Å². The van der Waals surface area contributed by atoms with E-state index in [1.807, 2.05) is 0 Å². The number of para-hydroxylation sites is 1. The minimum atomic E-state index is 1.08. The van der Waals surface area contributed by atoms with Gasteiger partial charge in [0.2, 0.25) is 0 Å². The maximum Gasteiger partial charge on any atom is 0.0442 e. The van der Waals surface area contributed by atoms with Crippen LogP contribution in [0.1, 0.15) is 115 Å². The molecule has 0 bridgehead atoms. The smallest absolute Gasteiger partial charge is 0.0442 e. The van der Waals surface area contributed by atoms with Crippen molar-refractivity contribution >= 4 is 11.8 Å². The average Bonchev–Trinajstić information content (AvgIpc) is 2.73. The summed E-state index contributed by atoms with van der Waals surface area (Å²) in [6.45, 7) is 4.59. The van der Waals surface area contributed by atoms with Gasteiger partial charge in [0.05, 0.1) is 0 Å². The molecule has 1 aliphatic heterocycles. The third-order valence-corrected chi connectivity index (χ3v) is 6.18. The molecule has 1 heterocycles. The van der Waals surface area contributed by atoms with Gasteiger partial charge in [0.1, 0.15) is 0 Å². The summed E-state index contributed by atoms with van der Waals surface area (Å²) in [6.07, 6.45) is 27.6. The molecule has 0 fully saturated rings. The number of anilines is 1. The summed E-state index contributed by atoms with van der Waals surface area (Å²) in [5.41, 5.74) is 2.80. The minimum Gasteiger partial charge on any atom is -0.367 e. The van der Waals surface area contributed by atoms with E-state index in [4.69, 9.17) is 0 Å². The summed E-state index contributed by atoms with van der Waals surface area (Å²) in [7, 11) is 0. The van der Waals surface area contributed by atoms with Crippen molar-refractivity contribution in [2.24, 2.45) is 0 Å². The molecule has 1 aromatic carbocycles. The molecule has 28 heavy (non-hydrogen) atoms. The maximum absolute atomic E-state index is 2.54. The Balaban J connectivity index is 1.34.